The van der Waals surface area contributed by atoms with Crippen LogP contribution in [0.15, 0.2) is 18.2 Å². The number of rotatable bonds is 3. The van der Waals surface area contributed by atoms with Gasteiger partial charge in [-0.15, -0.1) is 0 Å². The van der Waals surface area contributed by atoms with Crippen molar-refractivity contribution in [2.24, 2.45) is 5.92 Å². The van der Waals surface area contributed by atoms with Gasteiger partial charge in [-0.2, -0.15) is 0 Å². The lowest BCUT2D eigenvalue weighted by molar-refractivity contribution is 0.890. The van der Waals surface area contributed by atoms with Crippen LogP contribution in [0.3, 0.4) is 0 Å². The van der Waals surface area contributed by atoms with Crippen molar-refractivity contribution in [2.75, 3.05) is 17.6 Å². The molecule has 1 fully saturated rings. The number of anilines is 2. The molecule has 0 radical (unpaired) electrons. The van der Waals surface area contributed by atoms with Crippen molar-refractivity contribution in [3.8, 4) is 0 Å². The Kier molecular flexibility index (Phi) is 2.62. The van der Waals surface area contributed by atoms with E-state index in [1.165, 1.54) is 16.4 Å². The molecule has 0 saturated heterocycles. The molecule has 0 spiro atoms. The molecule has 1 aliphatic carbocycles. The second-order valence-corrected chi connectivity index (χ2v) is 4.80. The van der Waals surface area contributed by atoms with Gasteiger partial charge in [0.05, 0.1) is 11.4 Å². The predicted molar refractivity (Wildman–Crippen MR) is 64.8 cm³/mol. The highest BCUT2D eigenvalue weighted by Crippen LogP contribution is 2.30. The van der Waals surface area contributed by atoms with Crippen LogP contribution in [-0.2, 0) is 0 Å². The Morgan fingerprint density at radius 3 is 2.85 bits per heavy atom. The molecule has 13 heavy (non-hydrogen) atoms. The summed E-state index contributed by atoms with van der Waals surface area (Å²) in [6.45, 7) is 1.07. The van der Waals surface area contributed by atoms with Crippen LogP contribution in [0.25, 0.3) is 0 Å². The number of halogens is 1. The van der Waals surface area contributed by atoms with Crippen LogP contribution in [0.4, 0.5) is 11.4 Å². The van der Waals surface area contributed by atoms with E-state index in [1.54, 1.807) is 0 Å². The van der Waals surface area contributed by atoms with E-state index in [0.717, 1.165) is 23.8 Å². The fourth-order valence-electron chi connectivity index (χ4n) is 1.27. The molecule has 0 aliphatic heterocycles. The molecule has 0 heterocycles. The van der Waals surface area contributed by atoms with E-state index >= 15 is 0 Å². The molecule has 1 aromatic rings. The Labute approximate surface area is 92.0 Å². The van der Waals surface area contributed by atoms with Gasteiger partial charge in [-0.05, 0) is 59.5 Å². The lowest BCUT2D eigenvalue weighted by Crippen LogP contribution is -2.05. The first-order valence-electron chi connectivity index (χ1n) is 4.54. The van der Waals surface area contributed by atoms with E-state index < -0.39 is 0 Å². The number of hydrogen-bond acceptors (Lipinski definition) is 2. The molecule has 0 amide bonds. The third-order valence-corrected chi connectivity index (χ3v) is 2.96. The summed E-state index contributed by atoms with van der Waals surface area (Å²) in [5.41, 5.74) is 7.79. The zero-order valence-electron chi connectivity index (χ0n) is 7.39. The fraction of sp³-hybridized carbons (Fsp3) is 0.400. The van der Waals surface area contributed by atoms with Gasteiger partial charge in [0.1, 0.15) is 0 Å². The van der Waals surface area contributed by atoms with Gasteiger partial charge in [0.15, 0.2) is 0 Å². The second-order valence-electron chi connectivity index (χ2n) is 3.56. The molecule has 0 atom stereocenters. The zero-order valence-corrected chi connectivity index (χ0v) is 9.54. The van der Waals surface area contributed by atoms with Crippen molar-refractivity contribution in [3.63, 3.8) is 0 Å². The van der Waals surface area contributed by atoms with Gasteiger partial charge in [-0.3, -0.25) is 0 Å². The first-order chi connectivity index (χ1) is 6.25. The van der Waals surface area contributed by atoms with Crippen LogP contribution < -0.4 is 11.1 Å². The minimum Gasteiger partial charge on any atom is -0.397 e. The average Bonchev–Trinajstić information content (AvgIpc) is 2.86. The van der Waals surface area contributed by atoms with E-state index in [-0.39, 0.29) is 0 Å². The molecule has 1 saturated carbocycles. The Balaban J connectivity index is 2.01. The standard InChI is InChI=1S/C10H13IN2/c11-8-3-4-10(9(12)5-8)13-6-7-1-2-7/h3-5,7,13H,1-2,6,12H2. The van der Waals surface area contributed by atoms with Crippen molar-refractivity contribution >= 4 is 34.0 Å². The Morgan fingerprint density at radius 2 is 2.23 bits per heavy atom. The smallest absolute Gasteiger partial charge is 0.0574 e. The molecule has 1 aromatic carbocycles. The molecule has 0 aromatic heterocycles. The molecule has 70 valence electrons. The van der Waals surface area contributed by atoms with Gasteiger partial charge in [-0.25, -0.2) is 0 Å². The average molecular weight is 288 g/mol. The lowest BCUT2D eigenvalue weighted by atomic mass is 10.2. The minimum absolute atomic E-state index is 0.854. The van der Waals surface area contributed by atoms with Gasteiger partial charge in [-0.1, -0.05) is 0 Å². The number of hydrogen-bond donors (Lipinski definition) is 2. The number of nitrogens with one attached hydrogen (secondary N) is 1. The second kappa shape index (κ2) is 3.74. The molecule has 0 bridgehead atoms. The Bertz CT molecular complexity index is 308. The van der Waals surface area contributed by atoms with Gasteiger partial charge in [0, 0.05) is 10.1 Å². The van der Waals surface area contributed by atoms with E-state index in [0.29, 0.717) is 0 Å². The number of nitrogen functional groups attached to an aromatic ring is 1. The Morgan fingerprint density at radius 1 is 1.46 bits per heavy atom. The van der Waals surface area contributed by atoms with Crippen LogP contribution in [0.2, 0.25) is 0 Å². The van der Waals surface area contributed by atoms with Crippen LogP contribution in [-0.4, -0.2) is 6.54 Å². The van der Waals surface area contributed by atoms with Gasteiger partial charge in [0.2, 0.25) is 0 Å². The lowest BCUT2D eigenvalue weighted by Gasteiger charge is -2.08. The maximum atomic E-state index is 5.86. The Hall–Kier alpha value is -0.450. The fourth-order valence-corrected chi connectivity index (χ4v) is 1.79. The molecule has 3 N–H and O–H groups in total. The summed E-state index contributed by atoms with van der Waals surface area (Å²) < 4.78 is 1.19. The van der Waals surface area contributed by atoms with Crippen LogP contribution in [0, 0.1) is 9.49 Å². The maximum absolute atomic E-state index is 5.86. The van der Waals surface area contributed by atoms with Crippen LogP contribution >= 0.6 is 22.6 Å². The largest absolute Gasteiger partial charge is 0.397 e. The highest BCUT2D eigenvalue weighted by molar-refractivity contribution is 14.1. The summed E-state index contributed by atoms with van der Waals surface area (Å²) in [6, 6.07) is 6.13. The summed E-state index contributed by atoms with van der Waals surface area (Å²) in [4.78, 5) is 0. The van der Waals surface area contributed by atoms with Crippen molar-refractivity contribution in [2.45, 2.75) is 12.8 Å². The van der Waals surface area contributed by atoms with Crippen LogP contribution in [0.1, 0.15) is 12.8 Å². The zero-order chi connectivity index (χ0) is 9.26. The van der Waals surface area contributed by atoms with E-state index in [4.69, 9.17) is 5.73 Å². The molecular formula is C10H13IN2. The van der Waals surface area contributed by atoms with Crippen molar-refractivity contribution in [1.29, 1.82) is 0 Å². The monoisotopic (exact) mass is 288 g/mol. The molecule has 0 unspecified atom stereocenters. The SMILES string of the molecule is Nc1cc(I)ccc1NCC1CC1. The maximum Gasteiger partial charge on any atom is 0.0574 e. The van der Waals surface area contributed by atoms with Gasteiger partial charge >= 0.3 is 0 Å². The summed E-state index contributed by atoms with van der Waals surface area (Å²) in [5, 5.41) is 3.37. The summed E-state index contributed by atoms with van der Waals surface area (Å²) in [7, 11) is 0. The number of nitrogens with two attached hydrogens (primary N) is 1. The van der Waals surface area contributed by atoms with Crippen LogP contribution in [0.5, 0.6) is 0 Å². The van der Waals surface area contributed by atoms with Crippen molar-refractivity contribution in [3.05, 3.63) is 21.8 Å². The molecule has 1 aliphatic rings. The van der Waals surface area contributed by atoms with E-state index in [1.807, 2.05) is 6.07 Å². The third-order valence-electron chi connectivity index (χ3n) is 2.29. The highest BCUT2D eigenvalue weighted by atomic mass is 127. The predicted octanol–water partition coefficient (Wildman–Crippen LogP) is 2.70. The summed E-state index contributed by atoms with van der Waals surface area (Å²) >= 11 is 2.27. The first kappa shape index (κ1) is 9.12. The molecular weight excluding hydrogens is 275 g/mol. The first-order valence-corrected chi connectivity index (χ1v) is 5.62. The topological polar surface area (TPSA) is 38.0 Å². The minimum atomic E-state index is 0.854. The molecule has 3 heteroatoms. The van der Waals surface area contributed by atoms with E-state index in [2.05, 4.69) is 40.0 Å². The van der Waals surface area contributed by atoms with Crippen molar-refractivity contribution in [1.82, 2.24) is 0 Å². The molecule has 2 rings (SSSR count). The highest BCUT2D eigenvalue weighted by Gasteiger charge is 2.20. The van der Waals surface area contributed by atoms with Gasteiger partial charge < -0.3 is 11.1 Å². The quantitative estimate of drug-likeness (QED) is 0.663. The normalized spacial score (nSPS) is 15.8. The molecule has 2 nitrogen and oxygen atoms in total. The summed E-state index contributed by atoms with van der Waals surface area (Å²) in [5.74, 6) is 0.888. The number of benzene rings is 1. The summed E-state index contributed by atoms with van der Waals surface area (Å²) in [6.07, 6.45) is 2.74. The van der Waals surface area contributed by atoms with E-state index in [9.17, 15) is 0 Å². The third kappa shape index (κ3) is 2.49. The van der Waals surface area contributed by atoms with Crippen molar-refractivity contribution < 1.29 is 0 Å². The van der Waals surface area contributed by atoms with Gasteiger partial charge in [0.25, 0.3) is 0 Å².